The summed E-state index contributed by atoms with van der Waals surface area (Å²) < 4.78 is 27.6. The zero-order valence-electron chi connectivity index (χ0n) is 15.7. The third-order valence-electron chi connectivity index (χ3n) is 4.66. The van der Waals surface area contributed by atoms with Gasteiger partial charge in [0.2, 0.25) is 0 Å². The monoisotopic (exact) mass is 418 g/mol. The number of hydrogen-bond acceptors (Lipinski definition) is 3. The van der Waals surface area contributed by atoms with Gasteiger partial charge in [-0.05, 0) is 62.9 Å². The number of anilines is 1. The summed E-state index contributed by atoms with van der Waals surface area (Å²) in [6.07, 6.45) is 6.52. The number of halogens is 1. The average Bonchev–Trinajstić information content (AvgIpc) is 2.68. The lowest BCUT2D eigenvalue weighted by Gasteiger charge is -2.14. The molecule has 0 heterocycles. The molecule has 0 aromatic heterocycles. The highest BCUT2D eigenvalue weighted by Gasteiger charge is 2.17. The Morgan fingerprint density at radius 3 is 2.54 bits per heavy atom. The van der Waals surface area contributed by atoms with Crippen LogP contribution in [-0.2, 0) is 10.0 Å². The van der Waals surface area contributed by atoms with Crippen molar-refractivity contribution in [2.75, 3.05) is 11.3 Å². The van der Waals surface area contributed by atoms with Gasteiger partial charge in [-0.25, -0.2) is 8.42 Å². The van der Waals surface area contributed by atoms with E-state index in [1.807, 2.05) is 6.92 Å². The molecule has 0 spiro atoms. The Balaban J connectivity index is 1.74. The second-order valence-corrected chi connectivity index (χ2v) is 8.99. The highest BCUT2D eigenvalue weighted by Crippen LogP contribution is 2.23. The number of carbonyl (C=O) groups excluding carboxylic acids is 1. The predicted octanol–water partition coefficient (Wildman–Crippen LogP) is 4.68. The van der Waals surface area contributed by atoms with Gasteiger partial charge < -0.3 is 5.32 Å². The molecule has 0 radical (unpaired) electrons. The Labute approximate surface area is 170 Å². The number of carbonyl (C=O) groups is 1. The summed E-state index contributed by atoms with van der Waals surface area (Å²) in [5.41, 5.74) is 2.71. The van der Waals surface area contributed by atoms with Gasteiger partial charge in [0.25, 0.3) is 15.9 Å². The standard InChI is InChI=1S/C21H23ClN2O3S/c1-15-7-10-18(11-8-15)28(26,27)24-17-9-12-20(22)19(13-17)21(25)23-14-16-5-3-2-4-6-16/h5,7-13,24H,2-4,6,14H2,1H3,(H,23,25). The first-order valence-electron chi connectivity index (χ1n) is 9.20. The van der Waals surface area contributed by atoms with Crippen molar-refractivity contribution >= 4 is 33.2 Å². The molecule has 1 amide bonds. The summed E-state index contributed by atoms with van der Waals surface area (Å²) in [6.45, 7) is 2.37. The topological polar surface area (TPSA) is 75.3 Å². The quantitative estimate of drug-likeness (QED) is 0.669. The van der Waals surface area contributed by atoms with Gasteiger partial charge in [0.1, 0.15) is 0 Å². The summed E-state index contributed by atoms with van der Waals surface area (Å²) in [5, 5.41) is 3.14. The number of rotatable bonds is 6. The molecule has 5 nitrogen and oxygen atoms in total. The molecule has 2 aromatic carbocycles. The van der Waals surface area contributed by atoms with Crippen LogP contribution in [0.2, 0.25) is 5.02 Å². The molecule has 0 bridgehead atoms. The van der Waals surface area contributed by atoms with E-state index in [-0.39, 0.29) is 27.1 Å². The minimum Gasteiger partial charge on any atom is -0.348 e. The fraction of sp³-hybridized carbons (Fsp3) is 0.286. The molecule has 0 aliphatic heterocycles. The van der Waals surface area contributed by atoms with Crippen LogP contribution in [0.25, 0.3) is 0 Å². The van der Waals surface area contributed by atoms with E-state index in [2.05, 4.69) is 16.1 Å². The van der Waals surface area contributed by atoms with Crippen molar-refractivity contribution < 1.29 is 13.2 Å². The number of amides is 1. The molecule has 0 saturated heterocycles. The Kier molecular flexibility index (Phi) is 6.42. The maximum atomic E-state index is 12.6. The number of hydrogen-bond donors (Lipinski definition) is 2. The number of allylic oxidation sites excluding steroid dienone is 1. The van der Waals surface area contributed by atoms with Gasteiger partial charge >= 0.3 is 0 Å². The van der Waals surface area contributed by atoms with E-state index in [0.717, 1.165) is 24.8 Å². The van der Waals surface area contributed by atoms with E-state index in [9.17, 15) is 13.2 Å². The van der Waals surface area contributed by atoms with E-state index in [0.29, 0.717) is 6.54 Å². The SMILES string of the molecule is Cc1ccc(S(=O)(=O)Nc2ccc(Cl)c(C(=O)NCC3=CCCCC3)c2)cc1. The van der Waals surface area contributed by atoms with Crippen LogP contribution in [0.4, 0.5) is 5.69 Å². The van der Waals surface area contributed by atoms with Crippen LogP contribution < -0.4 is 10.0 Å². The molecule has 7 heteroatoms. The summed E-state index contributed by atoms with van der Waals surface area (Å²) in [5.74, 6) is -0.326. The van der Waals surface area contributed by atoms with Gasteiger partial charge in [-0.15, -0.1) is 0 Å². The van der Waals surface area contributed by atoms with Crippen LogP contribution in [0.15, 0.2) is 59.0 Å². The van der Waals surface area contributed by atoms with Gasteiger partial charge in [-0.1, -0.05) is 40.9 Å². The molecule has 3 rings (SSSR count). The fourth-order valence-electron chi connectivity index (χ4n) is 3.05. The number of aryl methyl sites for hydroxylation is 1. The van der Waals surface area contributed by atoms with Crippen LogP contribution in [-0.4, -0.2) is 20.9 Å². The largest absolute Gasteiger partial charge is 0.348 e. The normalized spacial score (nSPS) is 14.3. The molecule has 0 fully saturated rings. The van der Waals surface area contributed by atoms with Gasteiger partial charge in [0.15, 0.2) is 0 Å². The summed E-state index contributed by atoms with van der Waals surface area (Å²) in [6, 6.07) is 11.1. The third kappa shape index (κ3) is 5.14. The lowest BCUT2D eigenvalue weighted by Crippen LogP contribution is -2.26. The second-order valence-electron chi connectivity index (χ2n) is 6.90. The molecule has 0 atom stereocenters. The minimum absolute atomic E-state index is 0.156. The Morgan fingerprint density at radius 2 is 1.86 bits per heavy atom. The molecule has 0 saturated carbocycles. The first-order chi connectivity index (χ1) is 13.3. The van der Waals surface area contributed by atoms with Gasteiger partial charge in [0, 0.05) is 12.2 Å². The smallest absolute Gasteiger partial charge is 0.261 e. The first kappa shape index (κ1) is 20.4. The molecule has 28 heavy (non-hydrogen) atoms. The highest BCUT2D eigenvalue weighted by atomic mass is 35.5. The van der Waals surface area contributed by atoms with Crippen molar-refractivity contribution in [2.24, 2.45) is 0 Å². The molecule has 0 unspecified atom stereocenters. The molecule has 2 N–H and O–H groups in total. The lowest BCUT2D eigenvalue weighted by atomic mass is 9.99. The molecular weight excluding hydrogens is 396 g/mol. The summed E-state index contributed by atoms with van der Waals surface area (Å²) in [4.78, 5) is 12.7. The molecule has 2 aromatic rings. The maximum Gasteiger partial charge on any atom is 0.261 e. The average molecular weight is 419 g/mol. The summed E-state index contributed by atoms with van der Waals surface area (Å²) in [7, 11) is -3.75. The number of nitrogens with one attached hydrogen (secondary N) is 2. The third-order valence-corrected chi connectivity index (χ3v) is 6.38. The van der Waals surface area contributed by atoms with Crippen molar-refractivity contribution in [2.45, 2.75) is 37.5 Å². The van der Waals surface area contributed by atoms with Crippen molar-refractivity contribution in [3.63, 3.8) is 0 Å². The van der Waals surface area contributed by atoms with E-state index in [4.69, 9.17) is 11.6 Å². The van der Waals surface area contributed by atoms with E-state index in [1.54, 1.807) is 24.3 Å². The zero-order chi connectivity index (χ0) is 20.1. The Morgan fingerprint density at radius 1 is 1.11 bits per heavy atom. The van der Waals surface area contributed by atoms with Gasteiger partial charge in [-0.3, -0.25) is 9.52 Å². The van der Waals surface area contributed by atoms with Crippen LogP contribution in [0.3, 0.4) is 0 Å². The van der Waals surface area contributed by atoms with Crippen LogP contribution in [0.1, 0.15) is 41.6 Å². The second kappa shape index (κ2) is 8.80. The van der Waals surface area contributed by atoms with Gasteiger partial charge in [-0.2, -0.15) is 0 Å². The summed E-state index contributed by atoms with van der Waals surface area (Å²) >= 11 is 6.17. The van der Waals surface area contributed by atoms with Crippen molar-refractivity contribution in [1.29, 1.82) is 0 Å². The molecule has 148 valence electrons. The van der Waals surface area contributed by atoms with Gasteiger partial charge in [0.05, 0.1) is 15.5 Å². The van der Waals surface area contributed by atoms with Crippen LogP contribution >= 0.6 is 11.6 Å². The molecular formula is C21H23ClN2O3S. The van der Waals surface area contributed by atoms with Crippen molar-refractivity contribution in [3.05, 3.63) is 70.3 Å². The molecule has 1 aliphatic rings. The predicted molar refractivity (Wildman–Crippen MR) is 112 cm³/mol. The number of sulfonamides is 1. The van der Waals surface area contributed by atoms with Crippen LogP contribution in [0.5, 0.6) is 0 Å². The minimum atomic E-state index is -3.75. The fourth-order valence-corrected chi connectivity index (χ4v) is 4.30. The Bertz CT molecular complexity index is 999. The Hall–Kier alpha value is -2.31. The zero-order valence-corrected chi connectivity index (χ0v) is 17.2. The number of benzene rings is 2. The van der Waals surface area contributed by atoms with Crippen LogP contribution in [0, 0.1) is 6.92 Å². The van der Waals surface area contributed by atoms with Crippen molar-refractivity contribution in [3.8, 4) is 0 Å². The maximum absolute atomic E-state index is 12.6. The van der Waals surface area contributed by atoms with E-state index >= 15 is 0 Å². The molecule has 1 aliphatic carbocycles. The van der Waals surface area contributed by atoms with Crippen molar-refractivity contribution in [1.82, 2.24) is 5.32 Å². The first-order valence-corrected chi connectivity index (χ1v) is 11.1. The highest BCUT2D eigenvalue weighted by molar-refractivity contribution is 7.92. The van der Waals surface area contributed by atoms with E-state index < -0.39 is 10.0 Å². The van der Waals surface area contributed by atoms with E-state index in [1.165, 1.54) is 30.2 Å². The lowest BCUT2D eigenvalue weighted by molar-refractivity contribution is 0.0956.